The molecule has 2 aromatic heterocycles. The van der Waals surface area contributed by atoms with E-state index in [9.17, 15) is 13.6 Å². The van der Waals surface area contributed by atoms with E-state index < -0.39 is 17.7 Å². The third-order valence-electron chi connectivity index (χ3n) is 5.05. The first-order valence-corrected chi connectivity index (χ1v) is 9.88. The fourth-order valence-corrected chi connectivity index (χ4v) is 3.56. The number of aromatic amines is 1. The first-order valence-electron chi connectivity index (χ1n) is 9.88. The second kappa shape index (κ2) is 9.34. The molecule has 0 bridgehead atoms. The molecule has 2 aliphatic rings. The lowest BCUT2D eigenvalue weighted by molar-refractivity contribution is 0.171. The molecule has 0 fully saturated rings. The number of anilines is 1. The molecule has 1 unspecified atom stereocenters. The van der Waals surface area contributed by atoms with Gasteiger partial charge in [0.25, 0.3) is 0 Å². The topological polar surface area (TPSA) is 135 Å². The van der Waals surface area contributed by atoms with Crippen molar-refractivity contribution in [2.24, 2.45) is 11.0 Å². The van der Waals surface area contributed by atoms with Gasteiger partial charge in [-0.25, -0.2) is 28.6 Å². The van der Waals surface area contributed by atoms with Crippen LogP contribution in [0.1, 0.15) is 12.8 Å². The fraction of sp³-hybridized carbons (Fsp3) is 0.300. The lowest BCUT2D eigenvalue weighted by Gasteiger charge is -2.29. The number of hydrazone groups is 1. The molecule has 10 nitrogen and oxygen atoms in total. The first-order chi connectivity index (χ1) is 15.5. The van der Waals surface area contributed by atoms with Crippen LogP contribution in [-0.2, 0) is 0 Å². The molecule has 4 rings (SSSR count). The van der Waals surface area contributed by atoms with E-state index in [4.69, 9.17) is 5.26 Å². The smallest absolute Gasteiger partial charge is 0.338 e. The average Bonchev–Trinajstić information content (AvgIpc) is 3.49. The Balaban J connectivity index is 1.30. The van der Waals surface area contributed by atoms with Crippen LogP contribution in [0.3, 0.4) is 0 Å². The molecule has 3 N–H and O–H groups in total. The molecule has 0 radical (unpaired) electrons. The van der Waals surface area contributed by atoms with Crippen LogP contribution in [0.4, 0.5) is 19.5 Å². The summed E-state index contributed by atoms with van der Waals surface area (Å²) in [7, 11) is 0. The van der Waals surface area contributed by atoms with Crippen LogP contribution in [-0.4, -0.2) is 56.6 Å². The summed E-state index contributed by atoms with van der Waals surface area (Å²) in [5.74, 6) is -1.20. The maximum Gasteiger partial charge on any atom is 0.338 e. The number of nitrogens with zero attached hydrogens (tertiary/aromatic N) is 6. The van der Waals surface area contributed by atoms with E-state index in [2.05, 4.69) is 35.9 Å². The molecule has 2 atom stereocenters. The normalized spacial score (nSPS) is 19.8. The van der Waals surface area contributed by atoms with Crippen LogP contribution in [0.5, 0.6) is 0 Å². The Morgan fingerprint density at radius 3 is 3.00 bits per heavy atom. The van der Waals surface area contributed by atoms with Gasteiger partial charge in [0.1, 0.15) is 11.5 Å². The molecule has 0 saturated heterocycles. The number of halogens is 2. The molecule has 12 heteroatoms. The summed E-state index contributed by atoms with van der Waals surface area (Å²) in [5.41, 5.74) is 0.926. The van der Waals surface area contributed by atoms with Crippen molar-refractivity contribution in [1.29, 1.82) is 5.26 Å². The van der Waals surface area contributed by atoms with E-state index in [1.807, 2.05) is 6.07 Å². The van der Waals surface area contributed by atoms with E-state index >= 15 is 0 Å². The number of nitrogens with one attached hydrogen (secondary N) is 3. The molecule has 32 heavy (non-hydrogen) atoms. The van der Waals surface area contributed by atoms with E-state index in [0.29, 0.717) is 24.0 Å². The Bertz CT molecular complexity index is 1120. The predicted molar refractivity (Wildman–Crippen MR) is 111 cm³/mol. The molecule has 0 aromatic carbocycles. The molecule has 164 valence electrons. The summed E-state index contributed by atoms with van der Waals surface area (Å²) in [4.78, 5) is 20.6. The van der Waals surface area contributed by atoms with Crippen LogP contribution in [0.25, 0.3) is 11.3 Å². The molecule has 1 aliphatic carbocycles. The largest absolute Gasteiger partial charge is 0.352 e. The summed E-state index contributed by atoms with van der Waals surface area (Å²) in [6.07, 6.45) is 9.08. The minimum atomic E-state index is -0.578. The van der Waals surface area contributed by atoms with Crippen molar-refractivity contribution < 1.29 is 13.6 Å². The quantitative estimate of drug-likeness (QED) is 0.592. The van der Waals surface area contributed by atoms with Gasteiger partial charge < -0.3 is 10.6 Å². The van der Waals surface area contributed by atoms with Crippen molar-refractivity contribution in [2.45, 2.75) is 18.9 Å². The van der Waals surface area contributed by atoms with Crippen molar-refractivity contribution in [1.82, 2.24) is 30.5 Å². The maximum absolute atomic E-state index is 13.9. The highest BCUT2D eigenvalue weighted by Gasteiger charge is 2.34. The van der Waals surface area contributed by atoms with E-state index in [1.165, 1.54) is 29.6 Å². The highest BCUT2D eigenvalue weighted by Crippen LogP contribution is 2.31. The zero-order chi connectivity index (χ0) is 22.5. The van der Waals surface area contributed by atoms with E-state index in [-0.39, 0.29) is 36.7 Å². The Labute approximate surface area is 181 Å². The SMILES string of the molecule is N#CC1=CC(F)=CC([C@@H]2CC=NN2C(=O)NCCNc2ncc(F)c(-c3cn[nH]c3)n2)C1. The number of rotatable bonds is 6. The van der Waals surface area contributed by atoms with Gasteiger partial charge in [-0.3, -0.25) is 5.10 Å². The lowest BCUT2D eigenvalue weighted by Crippen LogP contribution is -2.45. The van der Waals surface area contributed by atoms with Crippen molar-refractivity contribution in [3.8, 4) is 17.3 Å². The Kier molecular flexibility index (Phi) is 6.16. The molecule has 1 aliphatic heterocycles. The number of amides is 2. The Morgan fingerprint density at radius 2 is 2.22 bits per heavy atom. The number of urea groups is 1. The number of aromatic nitrogens is 4. The summed E-state index contributed by atoms with van der Waals surface area (Å²) >= 11 is 0. The highest BCUT2D eigenvalue weighted by atomic mass is 19.1. The van der Waals surface area contributed by atoms with Gasteiger partial charge >= 0.3 is 6.03 Å². The second-order valence-electron chi connectivity index (χ2n) is 7.18. The van der Waals surface area contributed by atoms with Crippen molar-refractivity contribution in [2.75, 3.05) is 18.4 Å². The van der Waals surface area contributed by atoms with Crippen molar-refractivity contribution >= 4 is 18.2 Å². The minimum Gasteiger partial charge on any atom is -0.352 e. The number of H-pyrrole nitrogens is 1. The van der Waals surface area contributed by atoms with Crippen LogP contribution >= 0.6 is 0 Å². The monoisotopic (exact) mass is 439 g/mol. The highest BCUT2D eigenvalue weighted by molar-refractivity contribution is 5.78. The number of hydrogen-bond donors (Lipinski definition) is 3. The molecular formula is C20H19F2N9O. The number of carbonyl (C=O) groups excluding carboxylic acids is 1. The van der Waals surface area contributed by atoms with Gasteiger partial charge in [-0.1, -0.05) is 0 Å². The standard InChI is InChI=1S/C20H19F2N9O/c21-15-6-12(8-23)5-13(7-15)17-1-2-29-31(17)20(32)25-4-3-24-19-26-11-16(22)18(30-19)14-9-27-28-10-14/h2,6-7,9-11,13,17H,1,3-5H2,(H,25,32)(H,27,28)(H,24,26,30)/t13?,17-/m0/s1. The predicted octanol–water partition coefficient (Wildman–Crippen LogP) is 2.51. The molecule has 2 aromatic rings. The zero-order valence-electron chi connectivity index (χ0n) is 16.8. The summed E-state index contributed by atoms with van der Waals surface area (Å²) in [6.45, 7) is 0.501. The fourth-order valence-electron chi connectivity index (χ4n) is 3.56. The molecular weight excluding hydrogens is 420 g/mol. The van der Waals surface area contributed by atoms with Gasteiger partial charge in [0, 0.05) is 49.0 Å². The molecule has 0 saturated carbocycles. The second-order valence-corrected chi connectivity index (χ2v) is 7.18. The number of allylic oxidation sites excluding steroid dienone is 3. The zero-order valence-corrected chi connectivity index (χ0v) is 16.8. The summed E-state index contributed by atoms with van der Waals surface area (Å²) < 4.78 is 27.8. The maximum atomic E-state index is 13.9. The van der Waals surface area contributed by atoms with Crippen LogP contribution in [0.15, 0.2) is 47.2 Å². The van der Waals surface area contributed by atoms with Gasteiger partial charge in [-0.05, 0) is 18.6 Å². The Hall–Kier alpha value is -4.14. The third kappa shape index (κ3) is 4.61. The average molecular weight is 439 g/mol. The summed E-state index contributed by atoms with van der Waals surface area (Å²) in [6, 6.07) is 1.17. The van der Waals surface area contributed by atoms with Gasteiger partial charge in [0.2, 0.25) is 5.95 Å². The van der Waals surface area contributed by atoms with Crippen molar-refractivity contribution in [3.63, 3.8) is 0 Å². The lowest BCUT2D eigenvalue weighted by atomic mass is 9.87. The van der Waals surface area contributed by atoms with E-state index in [0.717, 1.165) is 6.20 Å². The molecule has 3 heterocycles. The van der Waals surface area contributed by atoms with Gasteiger partial charge in [-0.2, -0.15) is 15.5 Å². The van der Waals surface area contributed by atoms with Gasteiger partial charge in [0.15, 0.2) is 5.82 Å². The number of carbonyl (C=O) groups is 1. The van der Waals surface area contributed by atoms with Crippen LogP contribution in [0, 0.1) is 23.1 Å². The Morgan fingerprint density at radius 1 is 1.34 bits per heavy atom. The molecule has 0 spiro atoms. The summed E-state index contributed by atoms with van der Waals surface area (Å²) in [5, 5.41) is 26.5. The minimum absolute atomic E-state index is 0.105. The number of nitriles is 1. The van der Waals surface area contributed by atoms with Crippen molar-refractivity contribution in [3.05, 3.63) is 48.0 Å². The number of hydrogen-bond acceptors (Lipinski definition) is 7. The third-order valence-corrected chi connectivity index (χ3v) is 5.05. The van der Waals surface area contributed by atoms with Gasteiger partial charge in [0.05, 0.1) is 24.5 Å². The van der Waals surface area contributed by atoms with Gasteiger partial charge in [-0.15, -0.1) is 0 Å². The van der Waals surface area contributed by atoms with E-state index in [1.54, 1.807) is 6.21 Å². The van der Waals surface area contributed by atoms with Crippen LogP contribution in [0.2, 0.25) is 0 Å². The first kappa shape index (κ1) is 21.1. The van der Waals surface area contributed by atoms with Crippen LogP contribution < -0.4 is 10.6 Å². The molecule has 2 amide bonds.